The average molecular weight is 229 g/mol. The zero-order valence-electron chi connectivity index (χ0n) is 9.30. The predicted molar refractivity (Wildman–Crippen MR) is 61.1 cm³/mol. The molecule has 0 saturated heterocycles. The minimum absolute atomic E-state index is 0.0516. The van der Waals surface area contributed by atoms with Crippen molar-refractivity contribution >= 4 is 5.91 Å². The SMILES string of the molecule is [CH]c1cccc(-c2noc(C(=O)NCC)n2)c1. The molecule has 1 aromatic carbocycles. The molecule has 17 heavy (non-hydrogen) atoms. The van der Waals surface area contributed by atoms with Crippen LogP contribution in [0.2, 0.25) is 0 Å². The summed E-state index contributed by atoms with van der Waals surface area (Å²) in [6.07, 6.45) is 0. The number of nitrogens with zero attached hydrogens (tertiary/aromatic N) is 2. The van der Waals surface area contributed by atoms with E-state index in [1.54, 1.807) is 24.3 Å². The van der Waals surface area contributed by atoms with Gasteiger partial charge in [-0.25, -0.2) is 0 Å². The lowest BCUT2D eigenvalue weighted by molar-refractivity contribution is 0.0912. The third-order valence-electron chi connectivity index (χ3n) is 2.10. The van der Waals surface area contributed by atoms with Gasteiger partial charge in [0.05, 0.1) is 0 Å². The van der Waals surface area contributed by atoms with Crippen molar-refractivity contribution in [2.45, 2.75) is 6.92 Å². The van der Waals surface area contributed by atoms with E-state index in [0.29, 0.717) is 23.5 Å². The number of benzene rings is 1. The molecule has 1 N–H and O–H groups in total. The third kappa shape index (κ3) is 2.50. The predicted octanol–water partition coefficient (Wildman–Crippen LogP) is 1.55. The molecule has 0 bridgehead atoms. The molecule has 5 nitrogen and oxygen atoms in total. The number of hydrogen-bond acceptors (Lipinski definition) is 4. The van der Waals surface area contributed by atoms with Crippen LogP contribution in [-0.4, -0.2) is 22.6 Å². The molecule has 2 radical (unpaired) electrons. The van der Waals surface area contributed by atoms with Crippen molar-refractivity contribution in [1.82, 2.24) is 15.5 Å². The van der Waals surface area contributed by atoms with Crippen molar-refractivity contribution in [2.24, 2.45) is 0 Å². The maximum atomic E-state index is 11.4. The number of rotatable bonds is 3. The van der Waals surface area contributed by atoms with E-state index in [2.05, 4.69) is 15.5 Å². The smallest absolute Gasteiger partial charge is 0.316 e. The van der Waals surface area contributed by atoms with Crippen molar-refractivity contribution in [3.63, 3.8) is 0 Å². The van der Waals surface area contributed by atoms with Crippen LogP contribution in [0, 0.1) is 6.92 Å². The van der Waals surface area contributed by atoms with Crippen LogP contribution in [0.5, 0.6) is 0 Å². The van der Waals surface area contributed by atoms with Crippen molar-refractivity contribution in [2.75, 3.05) is 6.54 Å². The van der Waals surface area contributed by atoms with E-state index >= 15 is 0 Å². The Morgan fingerprint density at radius 1 is 1.53 bits per heavy atom. The maximum absolute atomic E-state index is 11.4. The fourth-order valence-electron chi connectivity index (χ4n) is 1.35. The highest BCUT2D eigenvalue weighted by Crippen LogP contribution is 2.16. The molecule has 0 spiro atoms. The van der Waals surface area contributed by atoms with Gasteiger partial charge in [0.1, 0.15) is 0 Å². The summed E-state index contributed by atoms with van der Waals surface area (Å²) >= 11 is 0. The van der Waals surface area contributed by atoms with E-state index < -0.39 is 0 Å². The van der Waals surface area contributed by atoms with Crippen LogP contribution < -0.4 is 5.32 Å². The van der Waals surface area contributed by atoms with Gasteiger partial charge in [0.2, 0.25) is 5.82 Å². The second-order valence-electron chi connectivity index (χ2n) is 3.41. The molecule has 5 heteroatoms. The summed E-state index contributed by atoms with van der Waals surface area (Å²) in [5.74, 6) is -0.0852. The Balaban J connectivity index is 2.27. The molecular weight excluding hydrogens is 218 g/mol. The highest BCUT2D eigenvalue weighted by molar-refractivity contribution is 5.89. The van der Waals surface area contributed by atoms with Crippen molar-refractivity contribution in [1.29, 1.82) is 0 Å². The van der Waals surface area contributed by atoms with E-state index in [-0.39, 0.29) is 11.8 Å². The fourth-order valence-corrected chi connectivity index (χ4v) is 1.35. The molecule has 86 valence electrons. The second kappa shape index (κ2) is 4.78. The Kier molecular flexibility index (Phi) is 3.18. The van der Waals surface area contributed by atoms with Gasteiger partial charge < -0.3 is 9.84 Å². The highest BCUT2D eigenvalue weighted by atomic mass is 16.5. The van der Waals surface area contributed by atoms with Gasteiger partial charge >= 0.3 is 11.8 Å². The summed E-state index contributed by atoms with van der Waals surface area (Å²) in [5.41, 5.74) is 1.32. The number of carbonyl (C=O) groups is 1. The van der Waals surface area contributed by atoms with Gasteiger partial charge in [-0.05, 0) is 25.5 Å². The third-order valence-corrected chi connectivity index (χ3v) is 2.10. The van der Waals surface area contributed by atoms with Gasteiger partial charge in [0, 0.05) is 12.1 Å². The highest BCUT2D eigenvalue weighted by Gasteiger charge is 2.14. The summed E-state index contributed by atoms with van der Waals surface area (Å²) in [6.45, 7) is 7.97. The molecule has 0 aliphatic rings. The van der Waals surface area contributed by atoms with Crippen LogP contribution in [0.1, 0.15) is 23.2 Å². The minimum atomic E-state index is -0.379. The molecule has 2 rings (SSSR count). The van der Waals surface area contributed by atoms with Gasteiger partial charge in [-0.1, -0.05) is 23.4 Å². The van der Waals surface area contributed by atoms with Crippen LogP contribution in [-0.2, 0) is 0 Å². The number of hydrogen-bond donors (Lipinski definition) is 1. The number of carbonyl (C=O) groups excluding carboxylic acids is 1. The van der Waals surface area contributed by atoms with Gasteiger partial charge in [0.25, 0.3) is 0 Å². The van der Waals surface area contributed by atoms with Crippen LogP contribution >= 0.6 is 0 Å². The zero-order valence-corrected chi connectivity index (χ0v) is 9.30. The molecule has 1 heterocycles. The number of nitrogens with one attached hydrogen (secondary N) is 1. The number of amides is 1. The molecule has 0 unspecified atom stereocenters. The standard InChI is InChI=1S/C12H11N3O2/c1-3-13-11(16)12-14-10(15-17-12)9-6-4-5-8(2)7-9/h2,4-7H,3H2,1H3,(H,13,16). The van der Waals surface area contributed by atoms with Gasteiger partial charge in [-0.15, -0.1) is 0 Å². The summed E-state index contributed by atoms with van der Waals surface area (Å²) in [6, 6.07) is 7.05. The Bertz CT molecular complexity index is 534. The summed E-state index contributed by atoms with van der Waals surface area (Å²) in [7, 11) is 0. The first-order valence-electron chi connectivity index (χ1n) is 5.18. The van der Waals surface area contributed by atoms with E-state index in [9.17, 15) is 4.79 Å². The van der Waals surface area contributed by atoms with Crippen molar-refractivity contribution < 1.29 is 9.32 Å². The van der Waals surface area contributed by atoms with Crippen molar-refractivity contribution in [3.8, 4) is 11.4 Å². The average Bonchev–Trinajstić information content (AvgIpc) is 2.78. The molecule has 0 aliphatic carbocycles. The molecule has 2 aromatic rings. The topological polar surface area (TPSA) is 68.0 Å². The van der Waals surface area contributed by atoms with E-state index in [0.717, 1.165) is 0 Å². The first-order chi connectivity index (χ1) is 8.20. The maximum Gasteiger partial charge on any atom is 0.316 e. The lowest BCUT2D eigenvalue weighted by Crippen LogP contribution is -2.22. The Hall–Kier alpha value is -2.17. The van der Waals surface area contributed by atoms with E-state index in [1.807, 2.05) is 6.92 Å². The monoisotopic (exact) mass is 229 g/mol. The second-order valence-corrected chi connectivity index (χ2v) is 3.41. The van der Waals surface area contributed by atoms with Gasteiger partial charge in [-0.3, -0.25) is 4.79 Å². The largest absolute Gasteiger partial charge is 0.348 e. The Morgan fingerprint density at radius 3 is 3.06 bits per heavy atom. The summed E-state index contributed by atoms with van der Waals surface area (Å²) < 4.78 is 4.86. The van der Waals surface area contributed by atoms with Crippen LogP contribution in [0.25, 0.3) is 11.4 Å². The van der Waals surface area contributed by atoms with E-state index in [4.69, 9.17) is 11.4 Å². The molecule has 0 atom stereocenters. The van der Waals surface area contributed by atoms with Crippen molar-refractivity contribution in [3.05, 3.63) is 42.6 Å². The number of aromatic nitrogens is 2. The molecule has 0 saturated carbocycles. The summed E-state index contributed by atoms with van der Waals surface area (Å²) in [4.78, 5) is 15.4. The van der Waals surface area contributed by atoms with Gasteiger partial charge in [0.15, 0.2) is 0 Å². The normalized spacial score (nSPS) is 10.2. The first kappa shape index (κ1) is 11.3. The lowest BCUT2D eigenvalue weighted by Gasteiger charge is -1.95. The molecule has 1 amide bonds. The summed E-state index contributed by atoms with van der Waals surface area (Å²) in [5, 5.41) is 6.31. The van der Waals surface area contributed by atoms with Crippen LogP contribution in [0.15, 0.2) is 28.8 Å². The quantitative estimate of drug-likeness (QED) is 0.866. The molecule has 1 aromatic heterocycles. The zero-order chi connectivity index (χ0) is 12.3. The van der Waals surface area contributed by atoms with Crippen LogP contribution in [0.4, 0.5) is 0 Å². The fraction of sp³-hybridized carbons (Fsp3) is 0.167. The lowest BCUT2D eigenvalue weighted by atomic mass is 10.1. The Morgan fingerprint density at radius 2 is 2.35 bits per heavy atom. The molecule has 0 aliphatic heterocycles. The molecular formula is C12H11N3O2. The minimum Gasteiger partial charge on any atom is -0.348 e. The van der Waals surface area contributed by atoms with Crippen LogP contribution in [0.3, 0.4) is 0 Å². The van der Waals surface area contributed by atoms with E-state index in [1.165, 1.54) is 0 Å². The molecule has 0 fully saturated rings. The van der Waals surface area contributed by atoms with Gasteiger partial charge in [-0.2, -0.15) is 4.98 Å². The first-order valence-corrected chi connectivity index (χ1v) is 5.18. The Labute approximate surface area is 98.8 Å².